The molecule has 1 aliphatic heterocycles. The van der Waals surface area contributed by atoms with Crippen molar-refractivity contribution in [2.75, 3.05) is 6.54 Å². The first-order valence-corrected chi connectivity index (χ1v) is 7.99. The highest BCUT2D eigenvalue weighted by molar-refractivity contribution is 7.10. The monoisotopic (exact) mass is 316 g/mol. The van der Waals surface area contributed by atoms with Crippen molar-refractivity contribution < 1.29 is 14.7 Å². The van der Waals surface area contributed by atoms with Gasteiger partial charge in [-0.05, 0) is 29.5 Å². The average Bonchev–Trinajstić information content (AvgIpc) is 3.13. The van der Waals surface area contributed by atoms with E-state index in [1.807, 2.05) is 29.6 Å². The molecule has 0 aromatic carbocycles. The van der Waals surface area contributed by atoms with Gasteiger partial charge >= 0.3 is 5.97 Å². The molecule has 0 aliphatic carbocycles. The lowest BCUT2D eigenvalue weighted by atomic mass is 9.99. The van der Waals surface area contributed by atoms with E-state index in [1.165, 1.54) is 11.3 Å². The lowest BCUT2D eigenvalue weighted by Crippen LogP contribution is -2.31. The van der Waals surface area contributed by atoms with Crippen molar-refractivity contribution in [1.82, 2.24) is 9.88 Å². The fraction of sp³-hybridized carbons (Fsp3) is 0.312. The Labute approximate surface area is 132 Å². The third kappa shape index (κ3) is 2.87. The van der Waals surface area contributed by atoms with Crippen LogP contribution < -0.4 is 0 Å². The fourth-order valence-electron chi connectivity index (χ4n) is 2.88. The summed E-state index contributed by atoms with van der Waals surface area (Å²) in [5.74, 6) is -1.66. The van der Waals surface area contributed by atoms with Crippen LogP contribution in [0.15, 0.2) is 42.0 Å². The summed E-state index contributed by atoms with van der Waals surface area (Å²) in [6.07, 6.45) is 4.23. The second-order valence-electron chi connectivity index (χ2n) is 5.31. The molecule has 1 fully saturated rings. The van der Waals surface area contributed by atoms with Crippen molar-refractivity contribution in [2.24, 2.45) is 5.92 Å². The lowest BCUT2D eigenvalue weighted by Gasteiger charge is -2.26. The quantitative estimate of drug-likeness (QED) is 0.919. The fourth-order valence-corrected chi connectivity index (χ4v) is 3.78. The summed E-state index contributed by atoms with van der Waals surface area (Å²) in [6.45, 7) is 0.511. The average molecular weight is 316 g/mol. The van der Waals surface area contributed by atoms with Gasteiger partial charge in [0, 0.05) is 30.2 Å². The van der Waals surface area contributed by atoms with Crippen molar-refractivity contribution in [1.29, 1.82) is 0 Å². The normalized spacial score (nSPS) is 21.3. The molecule has 0 unspecified atom stereocenters. The zero-order chi connectivity index (χ0) is 15.5. The molecule has 5 nitrogen and oxygen atoms in total. The minimum absolute atomic E-state index is 0.0743. The SMILES string of the molecule is O=C(O)[C@H]1CC(=O)N(CCc2cccnc2)[C@@H]1c1cccs1. The maximum Gasteiger partial charge on any atom is 0.309 e. The number of rotatable bonds is 5. The zero-order valence-electron chi connectivity index (χ0n) is 11.9. The molecule has 2 atom stereocenters. The Bertz CT molecular complexity index is 657. The highest BCUT2D eigenvalue weighted by Gasteiger charge is 2.44. The molecule has 6 heteroatoms. The number of carbonyl (C=O) groups excluding carboxylic acids is 1. The number of aliphatic carboxylic acids is 1. The van der Waals surface area contributed by atoms with Gasteiger partial charge in [-0.2, -0.15) is 0 Å². The van der Waals surface area contributed by atoms with Crippen LogP contribution in [-0.4, -0.2) is 33.4 Å². The molecule has 0 saturated carbocycles. The minimum atomic E-state index is -0.907. The third-order valence-electron chi connectivity index (χ3n) is 3.95. The van der Waals surface area contributed by atoms with Crippen LogP contribution in [0, 0.1) is 5.92 Å². The first-order chi connectivity index (χ1) is 10.7. The molecule has 1 amide bonds. The summed E-state index contributed by atoms with van der Waals surface area (Å²) >= 11 is 1.50. The van der Waals surface area contributed by atoms with Crippen LogP contribution in [0.25, 0.3) is 0 Å². The number of carboxylic acids is 1. The van der Waals surface area contributed by atoms with Crippen LogP contribution in [0.4, 0.5) is 0 Å². The molecule has 22 heavy (non-hydrogen) atoms. The van der Waals surface area contributed by atoms with E-state index in [-0.39, 0.29) is 18.4 Å². The minimum Gasteiger partial charge on any atom is -0.481 e. The maximum atomic E-state index is 12.3. The summed E-state index contributed by atoms with van der Waals surface area (Å²) < 4.78 is 0. The number of nitrogens with zero attached hydrogens (tertiary/aromatic N) is 2. The number of carbonyl (C=O) groups is 2. The van der Waals surface area contributed by atoms with Crippen LogP contribution in [-0.2, 0) is 16.0 Å². The number of likely N-dealkylation sites (tertiary alicyclic amines) is 1. The van der Waals surface area contributed by atoms with Gasteiger partial charge in [-0.25, -0.2) is 0 Å². The second kappa shape index (κ2) is 6.27. The van der Waals surface area contributed by atoms with Crippen LogP contribution in [0.5, 0.6) is 0 Å². The number of pyridine rings is 1. The first-order valence-electron chi connectivity index (χ1n) is 7.11. The summed E-state index contributed by atoms with van der Waals surface area (Å²) in [7, 11) is 0. The van der Waals surface area contributed by atoms with Gasteiger partial charge in [0.05, 0.1) is 12.0 Å². The molecule has 0 bridgehead atoms. The summed E-state index contributed by atoms with van der Waals surface area (Å²) in [6, 6.07) is 7.25. The van der Waals surface area contributed by atoms with Crippen molar-refractivity contribution in [2.45, 2.75) is 18.9 Å². The molecule has 1 N–H and O–H groups in total. The molecule has 0 spiro atoms. The second-order valence-corrected chi connectivity index (χ2v) is 6.29. The topological polar surface area (TPSA) is 70.5 Å². The first kappa shape index (κ1) is 14.7. The number of hydrogen-bond acceptors (Lipinski definition) is 4. The standard InChI is InChI=1S/C16H16N2O3S/c19-14-9-12(16(20)21)15(13-4-2-8-22-13)18(14)7-5-11-3-1-6-17-10-11/h1-4,6,8,10,12,15H,5,7,9H2,(H,20,21)/t12-,15-/m0/s1. The van der Waals surface area contributed by atoms with E-state index >= 15 is 0 Å². The Morgan fingerprint density at radius 1 is 1.41 bits per heavy atom. The van der Waals surface area contributed by atoms with Gasteiger partial charge in [0.15, 0.2) is 0 Å². The van der Waals surface area contributed by atoms with E-state index in [0.717, 1.165) is 10.4 Å². The van der Waals surface area contributed by atoms with Crippen LogP contribution in [0.1, 0.15) is 22.9 Å². The van der Waals surface area contributed by atoms with Crippen molar-refractivity contribution in [3.8, 4) is 0 Å². The molecule has 2 aromatic heterocycles. The predicted octanol–water partition coefficient (Wildman–Crippen LogP) is 2.36. The number of amides is 1. The molecule has 1 saturated heterocycles. The van der Waals surface area contributed by atoms with E-state index in [0.29, 0.717) is 13.0 Å². The van der Waals surface area contributed by atoms with Gasteiger partial charge in [0.25, 0.3) is 0 Å². The molecule has 114 valence electrons. The highest BCUT2D eigenvalue weighted by Crippen LogP contribution is 2.40. The Hall–Kier alpha value is -2.21. The van der Waals surface area contributed by atoms with E-state index in [9.17, 15) is 14.7 Å². The van der Waals surface area contributed by atoms with Gasteiger partial charge in [-0.1, -0.05) is 12.1 Å². The Morgan fingerprint density at radius 2 is 2.27 bits per heavy atom. The van der Waals surface area contributed by atoms with Gasteiger partial charge in [-0.3, -0.25) is 14.6 Å². The molecule has 1 aliphatic rings. The molecular weight excluding hydrogens is 300 g/mol. The largest absolute Gasteiger partial charge is 0.481 e. The molecule has 0 radical (unpaired) electrons. The summed E-state index contributed by atoms with van der Waals surface area (Å²) in [5, 5.41) is 11.3. The molecule has 3 rings (SSSR count). The van der Waals surface area contributed by atoms with Gasteiger partial charge in [-0.15, -0.1) is 11.3 Å². The van der Waals surface area contributed by atoms with E-state index in [1.54, 1.807) is 17.3 Å². The van der Waals surface area contributed by atoms with Gasteiger partial charge in [0.2, 0.25) is 5.91 Å². The number of carboxylic acid groups (broad SMARTS) is 1. The zero-order valence-corrected chi connectivity index (χ0v) is 12.7. The number of aromatic nitrogens is 1. The van der Waals surface area contributed by atoms with Crippen molar-refractivity contribution >= 4 is 23.2 Å². The van der Waals surface area contributed by atoms with E-state index in [2.05, 4.69) is 4.98 Å². The molecule has 2 aromatic rings. The van der Waals surface area contributed by atoms with Crippen molar-refractivity contribution in [3.05, 3.63) is 52.5 Å². The number of thiophene rings is 1. The molecule has 3 heterocycles. The Morgan fingerprint density at radius 3 is 2.91 bits per heavy atom. The maximum absolute atomic E-state index is 12.3. The summed E-state index contributed by atoms with van der Waals surface area (Å²) in [4.78, 5) is 30.5. The lowest BCUT2D eigenvalue weighted by molar-refractivity contribution is -0.142. The van der Waals surface area contributed by atoms with Crippen LogP contribution >= 0.6 is 11.3 Å². The Kier molecular flexibility index (Phi) is 4.20. The van der Waals surface area contributed by atoms with Gasteiger partial charge in [0.1, 0.15) is 0 Å². The number of hydrogen-bond donors (Lipinski definition) is 1. The van der Waals surface area contributed by atoms with E-state index in [4.69, 9.17) is 0 Å². The highest BCUT2D eigenvalue weighted by atomic mass is 32.1. The van der Waals surface area contributed by atoms with E-state index < -0.39 is 11.9 Å². The van der Waals surface area contributed by atoms with Crippen molar-refractivity contribution in [3.63, 3.8) is 0 Å². The third-order valence-corrected chi connectivity index (χ3v) is 4.89. The van der Waals surface area contributed by atoms with Crippen LogP contribution in [0.3, 0.4) is 0 Å². The molecular formula is C16H16N2O3S. The Balaban J connectivity index is 1.81. The van der Waals surface area contributed by atoms with Crippen LogP contribution in [0.2, 0.25) is 0 Å². The van der Waals surface area contributed by atoms with Gasteiger partial charge < -0.3 is 10.0 Å². The summed E-state index contributed by atoms with van der Waals surface area (Å²) in [5.41, 5.74) is 1.04. The smallest absolute Gasteiger partial charge is 0.309 e. The predicted molar refractivity (Wildman–Crippen MR) is 82.5 cm³/mol.